The van der Waals surface area contributed by atoms with Crippen LogP contribution in [0.3, 0.4) is 0 Å². The number of hydrogen-bond acceptors (Lipinski definition) is 6. The number of aromatic hydroxyl groups is 2. The minimum atomic E-state index is -0.442. The predicted octanol–water partition coefficient (Wildman–Crippen LogP) is 6.53. The molecule has 0 amide bonds. The van der Waals surface area contributed by atoms with Crippen LogP contribution >= 0.6 is 0 Å². The fourth-order valence-corrected chi connectivity index (χ4v) is 5.49. The second-order valence-electron chi connectivity index (χ2n) is 10.3. The highest BCUT2D eigenvalue weighted by atomic mass is 16.5. The normalized spacial score (nSPS) is 19.9. The molecule has 0 aliphatic carbocycles. The molecule has 2 aliphatic rings. The highest BCUT2D eigenvalue weighted by Crippen LogP contribution is 2.48. The van der Waals surface area contributed by atoms with Crippen molar-refractivity contribution in [3.05, 3.63) is 82.9 Å². The van der Waals surface area contributed by atoms with Crippen molar-refractivity contribution >= 4 is 11.1 Å². The molecular formula is C32H34N2O4. The molecule has 3 aromatic carbocycles. The molecule has 38 heavy (non-hydrogen) atoms. The number of rotatable bonds is 7. The molecule has 0 radical (unpaired) electrons. The number of phenolic OH excluding ortho intramolecular Hbond substituents is 2. The first-order valence-electron chi connectivity index (χ1n) is 13.3. The average Bonchev–Trinajstić information content (AvgIpc) is 3.42. The molecule has 0 spiro atoms. The number of phenols is 2. The first-order chi connectivity index (χ1) is 18.4. The zero-order chi connectivity index (χ0) is 26.8. The summed E-state index contributed by atoms with van der Waals surface area (Å²) in [4.78, 5) is 2.51. The fraction of sp³-hybridized carbons (Fsp3) is 0.344. The van der Waals surface area contributed by atoms with Crippen molar-refractivity contribution in [2.24, 2.45) is 5.92 Å². The Morgan fingerprint density at radius 2 is 1.89 bits per heavy atom. The number of fused-ring (bicyclic) bond motifs is 1. The summed E-state index contributed by atoms with van der Waals surface area (Å²) in [5, 5.41) is 29.8. The Hall–Kier alpha value is -3.95. The van der Waals surface area contributed by atoms with Crippen molar-refractivity contribution in [2.45, 2.75) is 45.8 Å². The highest BCUT2D eigenvalue weighted by Gasteiger charge is 2.30. The predicted molar refractivity (Wildman–Crippen MR) is 148 cm³/mol. The quantitative estimate of drug-likeness (QED) is 0.376. The summed E-state index contributed by atoms with van der Waals surface area (Å²) in [5.74, 6) is 2.36. The smallest absolute Gasteiger partial charge is 0.150 e. The summed E-state index contributed by atoms with van der Waals surface area (Å²) in [5.41, 5.74) is 4.50. The first-order valence-corrected chi connectivity index (χ1v) is 13.3. The molecular weight excluding hydrogens is 476 g/mol. The number of nitrogens with zero attached hydrogens (tertiary/aromatic N) is 2. The maximum absolute atomic E-state index is 10.4. The van der Waals surface area contributed by atoms with E-state index in [4.69, 9.17) is 9.47 Å². The summed E-state index contributed by atoms with van der Waals surface area (Å²) in [6.45, 7) is 9.41. The lowest BCUT2D eigenvalue weighted by atomic mass is 9.85. The lowest BCUT2D eigenvalue weighted by molar-refractivity contribution is 0.168. The van der Waals surface area contributed by atoms with Crippen molar-refractivity contribution in [1.29, 1.82) is 5.26 Å². The van der Waals surface area contributed by atoms with Gasteiger partial charge in [-0.15, -0.1) is 0 Å². The van der Waals surface area contributed by atoms with Gasteiger partial charge in [0.2, 0.25) is 0 Å². The van der Waals surface area contributed by atoms with Gasteiger partial charge in [-0.3, -0.25) is 4.90 Å². The first kappa shape index (κ1) is 25.7. The molecule has 0 aromatic heterocycles. The molecule has 1 unspecified atom stereocenters. The van der Waals surface area contributed by atoms with Gasteiger partial charge in [0.15, 0.2) is 0 Å². The Morgan fingerprint density at radius 3 is 2.58 bits per heavy atom. The largest absolute Gasteiger partial charge is 0.508 e. The molecule has 0 saturated carbocycles. The SMILES string of the molecule is CC[C@@H]1CCN([C@@H](C)COc2ccc(C3Oc4ccc(O)cc4C(C)=C3c3ccc(C#N)c(O)c3)cc2)C1. The number of allylic oxidation sites excluding steroid dienone is 1. The van der Waals surface area contributed by atoms with Crippen LogP contribution < -0.4 is 9.47 Å². The van der Waals surface area contributed by atoms with Gasteiger partial charge in [-0.05, 0) is 91.9 Å². The van der Waals surface area contributed by atoms with Crippen molar-refractivity contribution in [3.63, 3.8) is 0 Å². The average molecular weight is 511 g/mol. The minimum absolute atomic E-state index is 0.0770. The number of likely N-dealkylation sites (tertiary alicyclic amines) is 1. The molecule has 196 valence electrons. The molecule has 2 heterocycles. The zero-order valence-corrected chi connectivity index (χ0v) is 22.1. The maximum Gasteiger partial charge on any atom is 0.150 e. The molecule has 3 atom stereocenters. The Balaban J connectivity index is 1.41. The van der Waals surface area contributed by atoms with E-state index in [1.54, 1.807) is 30.3 Å². The van der Waals surface area contributed by atoms with Gasteiger partial charge < -0.3 is 19.7 Å². The zero-order valence-electron chi connectivity index (χ0n) is 22.1. The summed E-state index contributed by atoms with van der Waals surface area (Å²) >= 11 is 0. The number of hydrogen-bond donors (Lipinski definition) is 2. The molecule has 1 saturated heterocycles. The van der Waals surface area contributed by atoms with E-state index in [1.807, 2.05) is 43.3 Å². The molecule has 6 nitrogen and oxygen atoms in total. The van der Waals surface area contributed by atoms with Crippen LogP contribution in [0.15, 0.2) is 60.7 Å². The molecule has 2 N–H and O–H groups in total. The highest BCUT2D eigenvalue weighted by molar-refractivity contribution is 5.96. The van der Waals surface area contributed by atoms with Crippen LogP contribution in [0.25, 0.3) is 11.1 Å². The lowest BCUT2D eigenvalue weighted by Gasteiger charge is -2.31. The van der Waals surface area contributed by atoms with Crippen LogP contribution in [-0.2, 0) is 0 Å². The second kappa shape index (κ2) is 10.8. The van der Waals surface area contributed by atoms with E-state index in [9.17, 15) is 15.5 Å². The third-order valence-electron chi connectivity index (χ3n) is 7.90. The van der Waals surface area contributed by atoms with Crippen LogP contribution in [0.2, 0.25) is 0 Å². The van der Waals surface area contributed by atoms with E-state index < -0.39 is 6.10 Å². The van der Waals surface area contributed by atoms with Gasteiger partial charge in [-0.2, -0.15) is 5.26 Å². The minimum Gasteiger partial charge on any atom is -0.508 e. The summed E-state index contributed by atoms with van der Waals surface area (Å²) in [6, 6.07) is 20.4. The van der Waals surface area contributed by atoms with Gasteiger partial charge in [0.05, 0.1) is 5.56 Å². The lowest BCUT2D eigenvalue weighted by Crippen LogP contribution is -2.35. The van der Waals surface area contributed by atoms with Crippen LogP contribution in [-0.4, -0.2) is 40.9 Å². The third-order valence-corrected chi connectivity index (χ3v) is 7.90. The number of nitriles is 1. The van der Waals surface area contributed by atoms with E-state index in [0.717, 1.165) is 52.6 Å². The monoisotopic (exact) mass is 510 g/mol. The van der Waals surface area contributed by atoms with Gasteiger partial charge in [0, 0.05) is 23.7 Å². The van der Waals surface area contributed by atoms with Crippen molar-refractivity contribution in [3.8, 4) is 29.1 Å². The molecule has 3 aromatic rings. The molecule has 6 heteroatoms. The number of benzene rings is 3. The second-order valence-corrected chi connectivity index (χ2v) is 10.3. The van der Waals surface area contributed by atoms with E-state index in [1.165, 1.54) is 12.8 Å². The molecule has 1 fully saturated rings. The topological polar surface area (TPSA) is 86.0 Å². The summed E-state index contributed by atoms with van der Waals surface area (Å²) < 4.78 is 12.6. The van der Waals surface area contributed by atoms with Gasteiger partial charge in [0.25, 0.3) is 0 Å². The Kier molecular flexibility index (Phi) is 7.31. The number of ether oxygens (including phenoxy) is 2. The van der Waals surface area contributed by atoms with E-state index >= 15 is 0 Å². The van der Waals surface area contributed by atoms with Crippen molar-refractivity contribution < 1.29 is 19.7 Å². The van der Waals surface area contributed by atoms with Gasteiger partial charge >= 0.3 is 0 Å². The summed E-state index contributed by atoms with van der Waals surface area (Å²) in [7, 11) is 0. The maximum atomic E-state index is 10.4. The molecule has 0 bridgehead atoms. The van der Waals surface area contributed by atoms with Crippen molar-refractivity contribution in [2.75, 3.05) is 19.7 Å². The van der Waals surface area contributed by atoms with Crippen LogP contribution in [0.4, 0.5) is 0 Å². The fourth-order valence-electron chi connectivity index (χ4n) is 5.49. The van der Waals surface area contributed by atoms with E-state index in [2.05, 4.69) is 18.7 Å². The third kappa shape index (κ3) is 5.07. The van der Waals surface area contributed by atoms with Gasteiger partial charge in [-0.25, -0.2) is 0 Å². The van der Waals surface area contributed by atoms with Crippen LogP contribution in [0.5, 0.6) is 23.0 Å². The van der Waals surface area contributed by atoms with Crippen LogP contribution in [0.1, 0.15) is 62.0 Å². The van der Waals surface area contributed by atoms with Crippen molar-refractivity contribution in [1.82, 2.24) is 4.90 Å². The Labute approximate surface area is 224 Å². The van der Waals surface area contributed by atoms with Gasteiger partial charge in [-0.1, -0.05) is 31.5 Å². The van der Waals surface area contributed by atoms with Crippen LogP contribution in [0, 0.1) is 17.2 Å². The molecule has 2 aliphatic heterocycles. The summed E-state index contributed by atoms with van der Waals surface area (Å²) in [6.07, 6.45) is 2.06. The standard InChI is InChI=1S/C32H34N2O4/c1-4-22-13-14-34(18-22)20(2)19-37-27-10-7-23(8-11-27)32-31(24-5-6-25(17-33)29(36)15-24)21(3)28-16-26(35)9-12-30(28)38-32/h5-12,15-16,20,22,32,35-36H,4,13-14,18-19H2,1-3H3/t20-,22+,32?/m0/s1. The van der Waals surface area contributed by atoms with E-state index in [0.29, 0.717) is 18.4 Å². The van der Waals surface area contributed by atoms with Gasteiger partial charge in [0.1, 0.15) is 41.8 Å². The Morgan fingerprint density at radius 1 is 1.11 bits per heavy atom. The molecule has 5 rings (SSSR count). The Bertz CT molecular complexity index is 1390. The van der Waals surface area contributed by atoms with E-state index in [-0.39, 0.29) is 17.1 Å².